The van der Waals surface area contributed by atoms with Gasteiger partial charge in [0, 0.05) is 35.8 Å². The summed E-state index contributed by atoms with van der Waals surface area (Å²) in [5.41, 5.74) is 1.65. The Morgan fingerprint density at radius 3 is 2.60 bits per heavy atom. The first-order valence-corrected chi connectivity index (χ1v) is 10.1. The zero-order valence-corrected chi connectivity index (χ0v) is 16.0. The molecule has 0 saturated carbocycles. The summed E-state index contributed by atoms with van der Waals surface area (Å²) in [6.45, 7) is 3.62. The average Bonchev–Trinajstić information content (AvgIpc) is 3.02. The Balaban J connectivity index is 1.96. The number of amides is 1. The number of ketones is 1. The smallest absolute Gasteiger partial charge is 0.245 e. The molecule has 4 nitrogen and oxygen atoms in total. The Labute approximate surface area is 153 Å². The van der Waals surface area contributed by atoms with Crippen molar-refractivity contribution in [3.63, 3.8) is 0 Å². The van der Waals surface area contributed by atoms with Gasteiger partial charge in [-0.05, 0) is 43.8 Å². The van der Waals surface area contributed by atoms with Crippen LogP contribution in [0.5, 0.6) is 0 Å². The molecule has 0 aliphatic carbocycles. The van der Waals surface area contributed by atoms with Crippen molar-refractivity contribution >= 4 is 34.4 Å². The van der Waals surface area contributed by atoms with Gasteiger partial charge in [-0.25, -0.2) is 0 Å². The molecule has 1 aromatic heterocycles. The molecular weight excluding hydrogens is 332 g/mol. The number of carbonyl (C=O) groups excluding carboxylic acids is 2. The molecule has 1 aromatic carbocycles. The van der Waals surface area contributed by atoms with Gasteiger partial charge in [0.15, 0.2) is 5.78 Å². The highest BCUT2D eigenvalue weighted by Gasteiger charge is 2.29. The summed E-state index contributed by atoms with van der Waals surface area (Å²) < 4.78 is 2.00. The third-order valence-electron chi connectivity index (χ3n) is 5.21. The van der Waals surface area contributed by atoms with Gasteiger partial charge in [-0.1, -0.05) is 25.1 Å². The van der Waals surface area contributed by atoms with Gasteiger partial charge < -0.3 is 9.47 Å². The molecule has 1 aliphatic heterocycles. The highest BCUT2D eigenvalue weighted by atomic mass is 32.2. The fraction of sp³-hybridized carbons (Fsp3) is 0.500. The zero-order chi connectivity index (χ0) is 18.0. The molecule has 2 aromatic rings. The molecule has 1 saturated heterocycles. The molecule has 0 unspecified atom stereocenters. The summed E-state index contributed by atoms with van der Waals surface area (Å²) in [6.07, 6.45) is 4.70. The number of hydrogen-bond donors (Lipinski definition) is 0. The number of hydrogen-bond acceptors (Lipinski definition) is 3. The first kappa shape index (κ1) is 18.1. The lowest BCUT2D eigenvalue weighted by Crippen LogP contribution is -2.42. The van der Waals surface area contributed by atoms with Crippen molar-refractivity contribution in [3.8, 4) is 0 Å². The van der Waals surface area contributed by atoms with Crippen LogP contribution in [-0.4, -0.2) is 45.8 Å². The molecule has 1 atom stereocenters. The molecule has 3 rings (SSSR count). The zero-order valence-electron chi connectivity index (χ0n) is 15.2. The number of thioether (sulfide) groups is 1. The van der Waals surface area contributed by atoms with Gasteiger partial charge in [-0.2, -0.15) is 11.8 Å². The molecule has 1 amide bonds. The van der Waals surface area contributed by atoms with Crippen molar-refractivity contribution in [2.75, 3.05) is 18.6 Å². The Hall–Kier alpha value is -1.75. The molecular formula is C20H26N2O2S. The van der Waals surface area contributed by atoms with Crippen LogP contribution >= 0.6 is 11.8 Å². The van der Waals surface area contributed by atoms with Crippen molar-refractivity contribution in [2.45, 2.75) is 45.2 Å². The van der Waals surface area contributed by atoms with E-state index >= 15 is 0 Å². The average molecular weight is 359 g/mol. The summed E-state index contributed by atoms with van der Waals surface area (Å²) >= 11 is 1.97. The second-order valence-corrected chi connectivity index (χ2v) is 7.96. The molecule has 5 heteroatoms. The van der Waals surface area contributed by atoms with E-state index in [-0.39, 0.29) is 17.7 Å². The largest absolute Gasteiger partial charge is 0.341 e. The van der Waals surface area contributed by atoms with Gasteiger partial charge in [0.05, 0.1) is 0 Å². The highest BCUT2D eigenvalue weighted by Crippen LogP contribution is 2.29. The van der Waals surface area contributed by atoms with E-state index in [9.17, 15) is 9.59 Å². The Morgan fingerprint density at radius 2 is 1.96 bits per heavy atom. The third kappa shape index (κ3) is 3.47. The normalized spacial score (nSPS) is 16.8. The lowest BCUT2D eigenvalue weighted by Gasteiger charge is -2.34. The van der Waals surface area contributed by atoms with Gasteiger partial charge in [-0.3, -0.25) is 9.59 Å². The highest BCUT2D eigenvalue weighted by molar-refractivity contribution is 7.99. The van der Waals surface area contributed by atoms with E-state index in [4.69, 9.17) is 0 Å². The number of Topliss-reactive ketones (excluding diaryl/α,β-unsaturated/α-hetero) is 1. The maximum absolute atomic E-state index is 13.2. The van der Waals surface area contributed by atoms with Crippen LogP contribution in [0.15, 0.2) is 30.5 Å². The van der Waals surface area contributed by atoms with Gasteiger partial charge >= 0.3 is 0 Å². The number of nitrogens with zero attached hydrogens (tertiary/aromatic N) is 2. The minimum Gasteiger partial charge on any atom is -0.341 e. The monoisotopic (exact) mass is 358 g/mol. The molecule has 0 radical (unpaired) electrons. The maximum atomic E-state index is 13.2. The van der Waals surface area contributed by atoms with Crippen LogP contribution < -0.4 is 0 Å². The van der Waals surface area contributed by atoms with Crippen LogP contribution in [0.4, 0.5) is 0 Å². The number of aromatic nitrogens is 1. The fourth-order valence-electron chi connectivity index (χ4n) is 3.72. The van der Waals surface area contributed by atoms with E-state index in [0.717, 1.165) is 35.3 Å². The molecule has 1 aliphatic rings. The van der Waals surface area contributed by atoms with Crippen molar-refractivity contribution in [1.82, 2.24) is 9.47 Å². The molecule has 0 spiro atoms. The van der Waals surface area contributed by atoms with E-state index in [2.05, 4.69) is 0 Å². The van der Waals surface area contributed by atoms with Crippen molar-refractivity contribution in [2.24, 2.45) is 0 Å². The Morgan fingerprint density at radius 1 is 1.28 bits per heavy atom. The van der Waals surface area contributed by atoms with Crippen LogP contribution in [0.25, 0.3) is 10.9 Å². The standard InChI is InChI=1S/C20H26N2O2S/c1-4-18(20(24)21(3)15-9-11-25-12-10-15)22-13-17(14(2)23)16-7-5-6-8-19(16)22/h5-8,13,15,18H,4,9-12H2,1-3H3/t18-/m0/s1. The lowest BCUT2D eigenvalue weighted by molar-refractivity contribution is -0.135. The van der Waals surface area contributed by atoms with Crippen LogP contribution in [-0.2, 0) is 4.79 Å². The lowest BCUT2D eigenvalue weighted by atomic mass is 10.1. The molecule has 0 bridgehead atoms. The summed E-state index contributed by atoms with van der Waals surface area (Å²) in [4.78, 5) is 27.2. The molecule has 0 N–H and O–H groups in total. The number of likely N-dealkylation sites (N-methyl/N-ethyl adjacent to an activating group) is 1. The summed E-state index contributed by atoms with van der Waals surface area (Å²) in [6, 6.07) is 7.92. The maximum Gasteiger partial charge on any atom is 0.245 e. The van der Waals surface area contributed by atoms with E-state index in [1.54, 1.807) is 6.92 Å². The van der Waals surface area contributed by atoms with Gasteiger partial charge in [-0.15, -0.1) is 0 Å². The van der Waals surface area contributed by atoms with Crippen LogP contribution in [0.2, 0.25) is 0 Å². The summed E-state index contributed by atoms with van der Waals surface area (Å²) in [5, 5.41) is 0.929. The number of para-hydroxylation sites is 1. The van der Waals surface area contributed by atoms with E-state index in [0.29, 0.717) is 18.0 Å². The molecule has 134 valence electrons. The van der Waals surface area contributed by atoms with Crippen molar-refractivity contribution in [3.05, 3.63) is 36.0 Å². The number of carbonyl (C=O) groups is 2. The third-order valence-corrected chi connectivity index (χ3v) is 6.26. The topological polar surface area (TPSA) is 42.3 Å². The Kier molecular flexibility index (Phi) is 5.52. The van der Waals surface area contributed by atoms with E-state index in [1.807, 2.05) is 65.7 Å². The molecule has 1 fully saturated rings. The second kappa shape index (κ2) is 7.65. The van der Waals surface area contributed by atoms with Crippen LogP contribution in [0, 0.1) is 0 Å². The van der Waals surface area contributed by atoms with Crippen LogP contribution in [0.1, 0.15) is 49.5 Å². The van der Waals surface area contributed by atoms with Gasteiger partial charge in [0.1, 0.15) is 6.04 Å². The van der Waals surface area contributed by atoms with Crippen LogP contribution in [0.3, 0.4) is 0 Å². The van der Waals surface area contributed by atoms with Crippen molar-refractivity contribution in [1.29, 1.82) is 0 Å². The predicted molar refractivity (Wildman–Crippen MR) is 104 cm³/mol. The quantitative estimate of drug-likeness (QED) is 0.754. The predicted octanol–water partition coefficient (Wildman–Crippen LogP) is 4.15. The second-order valence-electron chi connectivity index (χ2n) is 6.74. The fourth-order valence-corrected chi connectivity index (χ4v) is 4.80. The first-order chi connectivity index (χ1) is 12.0. The summed E-state index contributed by atoms with van der Waals surface area (Å²) in [7, 11) is 1.93. The Bertz CT molecular complexity index is 777. The SMILES string of the molecule is CC[C@@H](C(=O)N(C)C1CCSCC1)n1cc(C(C)=O)c2ccccc21. The van der Waals surface area contributed by atoms with E-state index in [1.165, 1.54) is 0 Å². The van der Waals surface area contributed by atoms with Gasteiger partial charge in [0.25, 0.3) is 0 Å². The first-order valence-electron chi connectivity index (χ1n) is 8.99. The summed E-state index contributed by atoms with van der Waals surface area (Å²) in [5.74, 6) is 2.44. The molecule has 25 heavy (non-hydrogen) atoms. The minimum absolute atomic E-state index is 0.0370. The minimum atomic E-state index is -0.266. The molecule has 2 heterocycles. The number of benzene rings is 1. The van der Waals surface area contributed by atoms with E-state index < -0.39 is 0 Å². The number of rotatable bonds is 5. The number of fused-ring (bicyclic) bond motifs is 1. The van der Waals surface area contributed by atoms with Gasteiger partial charge in [0.2, 0.25) is 5.91 Å². The van der Waals surface area contributed by atoms with Crippen molar-refractivity contribution < 1.29 is 9.59 Å².